The van der Waals surface area contributed by atoms with Crippen molar-refractivity contribution in [2.45, 2.75) is 46.2 Å². The van der Waals surface area contributed by atoms with Crippen molar-refractivity contribution in [2.75, 3.05) is 16.3 Å². The molecule has 1 atom stereocenters. The van der Waals surface area contributed by atoms with Crippen LogP contribution in [-0.2, 0) is 16.1 Å². The summed E-state index contributed by atoms with van der Waals surface area (Å²) < 4.78 is 6.93. The maximum atomic E-state index is 13.0. The van der Waals surface area contributed by atoms with Crippen molar-refractivity contribution >= 4 is 23.2 Å². The van der Waals surface area contributed by atoms with Crippen molar-refractivity contribution in [2.24, 2.45) is 5.92 Å². The lowest BCUT2D eigenvalue weighted by molar-refractivity contribution is -0.120. The first-order chi connectivity index (χ1) is 14.9. The molecule has 8 nitrogen and oxygen atoms in total. The average molecular weight is 419 g/mol. The molecule has 0 bridgehead atoms. The number of hydrogen-bond acceptors (Lipinski definition) is 5. The summed E-state index contributed by atoms with van der Waals surface area (Å²) in [6.07, 6.45) is 5.65. The topological polar surface area (TPSA) is 84.5 Å². The van der Waals surface area contributed by atoms with E-state index in [-0.39, 0.29) is 23.8 Å². The quantitative estimate of drug-likeness (QED) is 0.647. The molecule has 0 N–H and O–H groups in total. The van der Waals surface area contributed by atoms with Crippen molar-refractivity contribution in [1.29, 1.82) is 0 Å². The van der Waals surface area contributed by atoms with Gasteiger partial charge >= 0.3 is 0 Å². The first-order valence-electron chi connectivity index (χ1n) is 10.6. The van der Waals surface area contributed by atoms with Gasteiger partial charge in [-0.1, -0.05) is 11.2 Å². The minimum Gasteiger partial charge on any atom is -0.361 e. The van der Waals surface area contributed by atoms with Crippen LogP contribution in [0.15, 0.2) is 41.2 Å². The zero-order chi connectivity index (χ0) is 21.7. The summed E-state index contributed by atoms with van der Waals surface area (Å²) in [7, 11) is 0. The van der Waals surface area contributed by atoms with Gasteiger partial charge < -0.3 is 14.3 Å². The van der Waals surface area contributed by atoms with Crippen LogP contribution < -0.4 is 9.80 Å². The van der Waals surface area contributed by atoms with Gasteiger partial charge in [0.15, 0.2) is 0 Å². The number of benzene rings is 1. The lowest BCUT2D eigenvalue weighted by Gasteiger charge is -2.41. The van der Waals surface area contributed by atoms with E-state index < -0.39 is 0 Å². The summed E-state index contributed by atoms with van der Waals surface area (Å²) >= 11 is 0. The predicted octanol–water partition coefficient (Wildman–Crippen LogP) is 3.39. The number of amides is 2. The van der Waals surface area contributed by atoms with Crippen molar-refractivity contribution < 1.29 is 14.1 Å². The number of hydrogen-bond donors (Lipinski definition) is 0. The lowest BCUT2D eigenvalue weighted by Crippen LogP contribution is -2.51. The highest BCUT2D eigenvalue weighted by Gasteiger charge is 2.39. The Kier molecular flexibility index (Phi) is 4.64. The molecule has 0 spiro atoms. The normalized spacial score (nSPS) is 18.2. The van der Waals surface area contributed by atoms with Gasteiger partial charge in [0.05, 0.1) is 30.2 Å². The molecule has 31 heavy (non-hydrogen) atoms. The molecule has 1 aliphatic carbocycles. The van der Waals surface area contributed by atoms with Crippen LogP contribution in [0.25, 0.3) is 11.1 Å². The fraction of sp³-hybridized carbons (Fsp3) is 0.391. The standard InChI is InChI=1S/C23H25N5O3/c1-14-11-27(23(30)17-4-5-17)22-9-18(6-7-21(22)28(14)16(3)29)19-10-24-26(12-19)13-20-8-15(2)31-25-20/h6-10,12,14,17H,4-5,11,13H2,1-3H3/t14-/m0/s1. The molecule has 0 saturated heterocycles. The van der Waals surface area contributed by atoms with Crippen molar-refractivity contribution in [1.82, 2.24) is 14.9 Å². The minimum absolute atomic E-state index is 0.0178. The second kappa shape index (κ2) is 7.37. The van der Waals surface area contributed by atoms with Crippen molar-refractivity contribution in [3.63, 3.8) is 0 Å². The summed E-state index contributed by atoms with van der Waals surface area (Å²) in [5.41, 5.74) is 4.28. The van der Waals surface area contributed by atoms with E-state index in [1.54, 1.807) is 18.0 Å². The van der Waals surface area contributed by atoms with Gasteiger partial charge in [-0.2, -0.15) is 5.10 Å². The lowest BCUT2D eigenvalue weighted by atomic mass is 10.0. The average Bonchev–Trinajstić information content (AvgIpc) is 3.36. The van der Waals surface area contributed by atoms with Crippen LogP contribution >= 0.6 is 0 Å². The van der Waals surface area contributed by atoms with Crippen LogP contribution in [0.1, 0.15) is 38.1 Å². The Labute approximate surface area is 180 Å². The SMILES string of the molecule is CC(=O)N1c2ccc(-c3cnn(Cc4cc(C)on4)c3)cc2N(C(=O)C2CC2)C[C@@H]1C. The van der Waals surface area contributed by atoms with Gasteiger partial charge in [-0.3, -0.25) is 14.3 Å². The van der Waals surface area contributed by atoms with Gasteiger partial charge in [-0.25, -0.2) is 0 Å². The van der Waals surface area contributed by atoms with Crippen LogP contribution in [0.5, 0.6) is 0 Å². The van der Waals surface area contributed by atoms with Gasteiger partial charge in [-0.15, -0.1) is 0 Å². The Hall–Kier alpha value is -3.42. The van der Waals surface area contributed by atoms with E-state index in [4.69, 9.17) is 4.52 Å². The number of carbonyl (C=O) groups excluding carboxylic acids is 2. The highest BCUT2D eigenvalue weighted by Crippen LogP contribution is 2.42. The summed E-state index contributed by atoms with van der Waals surface area (Å²) in [5.74, 6) is 1.02. The zero-order valence-corrected chi connectivity index (χ0v) is 17.9. The summed E-state index contributed by atoms with van der Waals surface area (Å²) in [6, 6.07) is 7.74. The van der Waals surface area contributed by atoms with E-state index in [9.17, 15) is 9.59 Å². The Morgan fingerprint density at radius 1 is 1.16 bits per heavy atom. The van der Waals surface area contributed by atoms with Gasteiger partial charge in [0.2, 0.25) is 11.8 Å². The molecule has 3 heterocycles. The first kappa shape index (κ1) is 19.5. The number of rotatable bonds is 4. The number of nitrogens with zero attached hydrogens (tertiary/aromatic N) is 5. The van der Waals surface area contributed by atoms with Crippen molar-refractivity contribution in [3.8, 4) is 11.1 Å². The van der Waals surface area contributed by atoms with Crippen LogP contribution in [0.3, 0.4) is 0 Å². The summed E-state index contributed by atoms with van der Waals surface area (Å²) in [4.78, 5) is 29.0. The second-order valence-corrected chi connectivity index (χ2v) is 8.52. The third-order valence-electron chi connectivity index (χ3n) is 5.91. The molecule has 1 aromatic carbocycles. The summed E-state index contributed by atoms with van der Waals surface area (Å²) in [5, 5.41) is 8.46. The van der Waals surface area contributed by atoms with Crippen LogP contribution in [-0.4, -0.2) is 39.3 Å². The molecule has 2 aromatic heterocycles. The van der Waals surface area contributed by atoms with E-state index in [1.807, 2.05) is 53.9 Å². The molecule has 0 unspecified atom stereocenters. The summed E-state index contributed by atoms with van der Waals surface area (Å²) in [6.45, 7) is 6.45. The Balaban J connectivity index is 1.49. The smallest absolute Gasteiger partial charge is 0.230 e. The number of carbonyl (C=O) groups is 2. The zero-order valence-electron chi connectivity index (χ0n) is 17.9. The van der Waals surface area contributed by atoms with E-state index in [0.717, 1.165) is 46.8 Å². The molecule has 1 saturated carbocycles. The molecule has 2 aliphatic rings. The fourth-order valence-corrected chi connectivity index (χ4v) is 4.30. The minimum atomic E-state index is -0.0628. The number of aromatic nitrogens is 3. The molecule has 1 fully saturated rings. The molecule has 2 amide bonds. The Morgan fingerprint density at radius 2 is 1.97 bits per heavy atom. The van der Waals surface area contributed by atoms with Gasteiger partial charge in [0.25, 0.3) is 0 Å². The molecule has 0 radical (unpaired) electrons. The Morgan fingerprint density at radius 3 is 2.65 bits per heavy atom. The highest BCUT2D eigenvalue weighted by molar-refractivity contribution is 6.06. The molecule has 3 aromatic rings. The molecular formula is C23H25N5O3. The maximum absolute atomic E-state index is 13.0. The van der Waals surface area contributed by atoms with Gasteiger partial charge in [0.1, 0.15) is 11.5 Å². The predicted molar refractivity (Wildman–Crippen MR) is 116 cm³/mol. The van der Waals surface area contributed by atoms with Gasteiger partial charge in [0, 0.05) is 37.2 Å². The molecular weight excluding hydrogens is 394 g/mol. The second-order valence-electron chi connectivity index (χ2n) is 8.52. The largest absolute Gasteiger partial charge is 0.361 e. The molecule has 5 rings (SSSR count). The number of aryl methyl sites for hydroxylation is 1. The van der Waals surface area contributed by atoms with Crippen molar-refractivity contribution in [3.05, 3.63) is 48.1 Å². The van der Waals surface area contributed by atoms with E-state index in [0.29, 0.717) is 13.1 Å². The van der Waals surface area contributed by atoms with Gasteiger partial charge in [-0.05, 0) is 44.4 Å². The van der Waals surface area contributed by atoms with E-state index in [1.165, 1.54) is 0 Å². The van der Waals surface area contributed by atoms with Crippen LogP contribution in [0, 0.1) is 12.8 Å². The fourth-order valence-electron chi connectivity index (χ4n) is 4.30. The number of anilines is 2. The third-order valence-corrected chi connectivity index (χ3v) is 5.91. The molecule has 160 valence electrons. The third kappa shape index (κ3) is 3.62. The van der Waals surface area contributed by atoms with E-state index >= 15 is 0 Å². The highest BCUT2D eigenvalue weighted by atomic mass is 16.5. The Bertz CT molecular complexity index is 1160. The number of fused-ring (bicyclic) bond motifs is 1. The first-order valence-corrected chi connectivity index (χ1v) is 10.6. The molecule has 1 aliphatic heterocycles. The van der Waals surface area contributed by atoms with E-state index in [2.05, 4.69) is 10.3 Å². The molecule has 8 heteroatoms. The van der Waals surface area contributed by atoms with Crippen LogP contribution in [0.4, 0.5) is 11.4 Å². The maximum Gasteiger partial charge on any atom is 0.230 e. The monoisotopic (exact) mass is 419 g/mol. The van der Waals surface area contributed by atoms with Crippen LogP contribution in [0.2, 0.25) is 0 Å².